The standard InChI is InChI=1S/C19H26N4O3S/c1-3-21-19(23-14-16-5-4-6-17(13-16)26-2)22-12-11-15-7-9-18(10-8-15)27(20,24)25/h4-10,13H,3,11-12,14H2,1-2H3,(H2,20,24,25)(H2,21,22,23). The van der Waals surface area contributed by atoms with Crippen LogP contribution >= 0.6 is 0 Å². The van der Waals surface area contributed by atoms with Gasteiger partial charge in [-0.15, -0.1) is 0 Å². The van der Waals surface area contributed by atoms with Crippen molar-refractivity contribution in [2.24, 2.45) is 10.1 Å². The number of guanidine groups is 1. The van der Waals surface area contributed by atoms with Gasteiger partial charge in [-0.3, -0.25) is 0 Å². The maximum atomic E-state index is 11.3. The molecule has 0 radical (unpaired) electrons. The van der Waals surface area contributed by atoms with Gasteiger partial charge in [-0.1, -0.05) is 24.3 Å². The van der Waals surface area contributed by atoms with Crippen molar-refractivity contribution in [1.82, 2.24) is 10.6 Å². The van der Waals surface area contributed by atoms with Gasteiger partial charge in [0.05, 0.1) is 18.6 Å². The average molecular weight is 391 g/mol. The third kappa shape index (κ3) is 6.92. The molecule has 0 saturated carbocycles. The highest BCUT2D eigenvalue weighted by Gasteiger charge is 2.06. The van der Waals surface area contributed by atoms with Gasteiger partial charge in [-0.2, -0.15) is 0 Å². The summed E-state index contributed by atoms with van der Waals surface area (Å²) in [5, 5.41) is 11.6. The molecule has 0 unspecified atom stereocenters. The summed E-state index contributed by atoms with van der Waals surface area (Å²) in [5.74, 6) is 1.53. The van der Waals surface area contributed by atoms with Crippen LogP contribution < -0.4 is 20.5 Å². The van der Waals surface area contributed by atoms with Crippen LogP contribution in [0.15, 0.2) is 58.4 Å². The zero-order chi connectivity index (χ0) is 19.7. The first kappa shape index (κ1) is 20.7. The van der Waals surface area contributed by atoms with Crippen molar-refractivity contribution in [1.29, 1.82) is 0 Å². The summed E-state index contributed by atoms with van der Waals surface area (Å²) in [6.45, 7) is 3.97. The number of primary sulfonamides is 1. The number of hydrogen-bond donors (Lipinski definition) is 3. The average Bonchev–Trinajstić information content (AvgIpc) is 2.66. The largest absolute Gasteiger partial charge is 0.497 e. The molecule has 146 valence electrons. The van der Waals surface area contributed by atoms with E-state index >= 15 is 0 Å². The van der Waals surface area contributed by atoms with Crippen molar-refractivity contribution in [2.45, 2.75) is 24.8 Å². The SMILES string of the molecule is CCNC(=NCc1cccc(OC)c1)NCCc1ccc(S(N)(=O)=O)cc1. The lowest BCUT2D eigenvalue weighted by atomic mass is 10.1. The van der Waals surface area contributed by atoms with Crippen LogP contribution in [0, 0.1) is 0 Å². The fourth-order valence-corrected chi connectivity index (χ4v) is 2.97. The molecule has 0 heterocycles. The van der Waals surface area contributed by atoms with E-state index in [1.165, 1.54) is 12.1 Å². The molecule has 0 aliphatic carbocycles. The Labute approximate surface area is 160 Å². The molecule has 0 amide bonds. The van der Waals surface area contributed by atoms with E-state index in [9.17, 15) is 8.42 Å². The molecule has 0 atom stereocenters. The molecular weight excluding hydrogens is 364 g/mol. The zero-order valence-corrected chi connectivity index (χ0v) is 16.4. The molecular formula is C19H26N4O3S. The van der Waals surface area contributed by atoms with Gasteiger partial charge in [0, 0.05) is 13.1 Å². The highest BCUT2D eigenvalue weighted by Crippen LogP contribution is 2.13. The third-order valence-electron chi connectivity index (χ3n) is 3.86. The molecule has 2 aromatic rings. The predicted molar refractivity (Wildman–Crippen MR) is 107 cm³/mol. The van der Waals surface area contributed by atoms with E-state index in [0.29, 0.717) is 13.1 Å². The van der Waals surface area contributed by atoms with E-state index in [-0.39, 0.29) is 4.90 Å². The molecule has 0 bridgehead atoms. The summed E-state index contributed by atoms with van der Waals surface area (Å²) in [7, 11) is -2.01. The first-order valence-corrected chi connectivity index (χ1v) is 10.2. The van der Waals surface area contributed by atoms with Gasteiger partial charge >= 0.3 is 0 Å². The van der Waals surface area contributed by atoms with Crippen molar-refractivity contribution >= 4 is 16.0 Å². The molecule has 7 nitrogen and oxygen atoms in total. The topological polar surface area (TPSA) is 106 Å². The van der Waals surface area contributed by atoms with Gasteiger partial charge in [-0.25, -0.2) is 18.5 Å². The van der Waals surface area contributed by atoms with Crippen LogP contribution in [-0.4, -0.2) is 34.6 Å². The van der Waals surface area contributed by atoms with Crippen molar-refractivity contribution in [2.75, 3.05) is 20.2 Å². The summed E-state index contributed by atoms with van der Waals surface area (Å²) in [6, 6.07) is 14.4. The number of nitrogens with two attached hydrogens (primary N) is 1. The molecule has 0 aliphatic heterocycles. The van der Waals surface area contributed by atoms with Crippen molar-refractivity contribution in [3.8, 4) is 5.75 Å². The molecule has 0 fully saturated rings. The van der Waals surface area contributed by atoms with E-state index in [2.05, 4.69) is 15.6 Å². The van der Waals surface area contributed by atoms with Gasteiger partial charge in [0.25, 0.3) is 0 Å². The lowest BCUT2D eigenvalue weighted by Crippen LogP contribution is -2.38. The molecule has 8 heteroatoms. The van der Waals surface area contributed by atoms with Gasteiger partial charge in [-0.05, 0) is 48.7 Å². The second kappa shape index (κ2) is 9.94. The van der Waals surface area contributed by atoms with Crippen LogP contribution in [-0.2, 0) is 23.0 Å². The Morgan fingerprint density at radius 3 is 2.48 bits per heavy atom. The maximum absolute atomic E-state index is 11.3. The van der Waals surface area contributed by atoms with E-state index in [1.54, 1.807) is 19.2 Å². The van der Waals surface area contributed by atoms with Crippen LogP contribution in [0.3, 0.4) is 0 Å². The number of hydrogen-bond acceptors (Lipinski definition) is 4. The smallest absolute Gasteiger partial charge is 0.238 e. The fraction of sp³-hybridized carbons (Fsp3) is 0.316. The first-order chi connectivity index (χ1) is 12.9. The van der Waals surface area contributed by atoms with Crippen LogP contribution in [0.5, 0.6) is 5.75 Å². The molecule has 0 saturated heterocycles. The fourth-order valence-electron chi connectivity index (χ4n) is 2.45. The number of nitrogens with zero attached hydrogens (tertiary/aromatic N) is 1. The molecule has 27 heavy (non-hydrogen) atoms. The summed E-state index contributed by atoms with van der Waals surface area (Å²) < 4.78 is 27.8. The van der Waals surface area contributed by atoms with Crippen molar-refractivity contribution in [3.63, 3.8) is 0 Å². The zero-order valence-electron chi connectivity index (χ0n) is 15.6. The monoisotopic (exact) mass is 390 g/mol. The van der Waals surface area contributed by atoms with Crippen LogP contribution in [0.1, 0.15) is 18.1 Å². The van der Waals surface area contributed by atoms with Gasteiger partial charge in [0.15, 0.2) is 5.96 Å². The summed E-state index contributed by atoms with van der Waals surface area (Å²) in [6.07, 6.45) is 0.731. The molecule has 0 aromatic heterocycles. The third-order valence-corrected chi connectivity index (χ3v) is 4.79. The number of nitrogens with one attached hydrogen (secondary N) is 2. The number of benzene rings is 2. The lowest BCUT2D eigenvalue weighted by Gasteiger charge is -2.12. The number of rotatable bonds is 8. The number of methoxy groups -OCH3 is 1. The summed E-state index contributed by atoms with van der Waals surface area (Å²) >= 11 is 0. The molecule has 2 aromatic carbocycles. The van der Waals surface area contributed by atoms with Crippen molar-refractivity contribution < 1.29 is 13.2 Å². The highest BCUT2D eigenvalue weighted by atomic mass is 32.2. The molecule has 0 spiro atoms. The minimum Gasteiger partial charge on any atom is -0.497 e. The Morgan fingerprint density at radius 1 is 1.11 bits per heavy atom. The summed E-state index contributed by atoms with van der Waals surface area (Å²) in [4.78, 5) is 4.70. The van der Waals surface area contributed by atoms with Gasteiger partial charge in [0.2, 0.25) is 10.0 Å². The highest BCUT2D eigenvalue weighted by molar-refractivity contribution is 7.89. The Balaban J connectivity index is 1.91. The minimum atomic E-state index is -3.65. The Morgan fingerprint density at radius 2 is 1.85 bits per heavy atom. The van der Waals surface area contributed by atoms with Crippen LogP contribution in [0.25, 0.3) is 0 Å². The van der Waals surface area contributed by atoms with Gasteiger partial charge in [0.1, 0.15) is 5.75 Å². The Kier molecular flexibility index (Phi) is 7.63. The lowest BCUT2D eigenvalue weighted by molar-refractivity contribution is 0.414. The van der Waals surface area contributed by atoms with E-state index in [0.717, 1.165) is 35.8 Å². The Bertz CT molecular complexity index is 865. The molecule has 2 rings (SSSR count). The maximum Gasteiger partial charge on any atom is 0.238 e. The van der Waals surface area contributed by atoms with Crippen LogP contribution in [0.4, 0.5) is 0 Å². The number of aliphatic imine (C=N–C) groups is 1. The quantitative estimate of drug-likeness (QED) is 0.469. The first-order valence-electron chi connectivity index (χ1n) is 8.69. The molecule has 0 aliphatic rings. The van der Waals surface area contributed by atoms with Crippen molar-refractivity contribution in [3.05, 3.63) is 59.7 Å². The Hall–Kier alpha value is -2.58. The van der Waals surface area contributed by atoms with Gasteiger partial charge < -0.3 is 15.4 Å². The number of ether oxygens (including phenoxy) is 1. The molecule has 4 N–H and O–H groups in total. The summed E-state index contributed by atoms with van der Waals surface area (Å²) in [5.41, 5.74) is 2.07. The second-order valence-electron chi connectivity index (χ2n) is 5.91. The second-order valence-corrected chi connectivity index (χ2v) is 7.47. The minimum absolute atomic E-state index is 0.118. The van der Waals surface area contributed by atoms with E-state index < -0.39 is 10.0 Å². The van der Waals surface area contributed by atoms with E-state index in [1.807, 2.05) is 31.2 Å². The predicted octanol–water partition coefficient (Wildman–Crippen LogP) is 1.64. The normalized spacial score (nSPS) is 11.9. The van der Waals surface area contributed by atoms with E-state index in [4.69, 9.17) is 9.88 Å². The number of sulfonamides is 1. The van der Waals surface area contributed by atoms with Crippen LogP contribution in [0.2, 0.25) is 0 Å².